The highest BCUT2D eigenvalue weighted by Gasteiger charge is 2.46. The Balaban J connectivity index is 1.96. The third-order valence-corrected chi connectivity index (χ3v) is 2.28. The number of nitrogens with zero attached hydrogens (tertiary/aromatic N) is 1. The molecule has 2 nitrogen and oxygen atoms in total. The van der Waals surface area contributed by atoms with E-state index in [1.165, 1.54) is 19.4 Å². The van der Waals surface area contributed by atoms with E-state index in [0.717, 1.165) is 13.2 Å². The molecule has 0 bridgehead atoms. The third kappa shape index (κ3) is 0.970. The Hall–Kier alpha value is -0.0800. The number of likely N-dealkylation sites (tertiary alicyclic amines) is 1. The van der Waals surface area contributed by atoms with E-state index in [1.807, 2.05) is 0 Å². The van der Waals surface area contributed by atoms with Crippen molar-refractivity contribution < 1.29 is 4.74 Å². The first-order valence-electron chi connectivity index (χ1n) is 3.63. The van der Waals surface area contributed by atoms with Gasteiger partial charge in [0.05, 0.1) is 6.61 Å². The van der Waals surface area contributed by atoms with Crippen LogP contribution in [-0.4, -0.2) is 37.2 Å². The predicted octanol–water partition coefficient (Wildman–Crippen LogP) is 0.481. The van der Waals surface area contributed by atoms with Gasteiger partial charge in [-0.3, -0.25) is 0 Å². The molecule has 2 heteroatoms. The van der Waals surface area contributed by atoms with Crippen LogP contribution >= 0.6 is 0 Å². The highest BCUT2D eigenvalue weighted by Crippen LogP contribution is 2.35. The Labute approximate surface area is 55.8 Å². The van der Waals surface area contributed by atoms with Crippen LogP contribution in [0.1, 0.15) is 12.8 Å². The fourth-order valence-electron chi connectivity index (χ4n) is 1.66. The first-order valence-corrected chi connectivity index (χ1v) is 3.63. The SMILES string of the molecule is CN1CCC[C@@]2(CO2)C1. The average Bonchev–Trinajstić information content (AvgIpc) is 2.49. The van der Waals surface area contributed by atoms with Crippen LogP contribution in [0.15, 0.2) is 0 Å². The number of epoxide rings is 1. The highest BCUT2D eigenvalue weighted by atomic mass is 16.6. The molecule has 2 rings (SSSR count). The Bertz CT molecular complexity index is 120. The summed E-state index contributed by atoms with van der Waals surface area (Å²) in [5, 5.41) is 0. The molecule has 52 valence electrons. The molecule has 9 heavy (non-hydrogen) atoms. The van der Waals surface area contributed by atoms with Gasteiger partial charge in [0, 0.05) is 6.54 Å². The normalized spacial score (nSPS) is 43.7. The van der Waals surface area contributed by atoms with Gasteiger partial charge in [0.1, 0.15) is 5.60 Å². The molecule has 1 atom stereocenters. The summed E-state index contributed by atoms with van der Waals surface area (Å²) >= 11 is 0. The molecule has 0 unspecified atom stereocenters. The van der Waals surface area contributed by atoms with Gasteiger partial charge < -0.3 is 9.64 Å². The summed E-state index contributed by atoms with van der Waals surface area (Å²) in [4.78, 5) is 2.36. The fraction of sp³-hybridized carbons (Fsp3) is 1.00. The Morgan fingerprint density at radius 2 is 2.33 bits per heavy atom. The molecule has 1 spiro atoms. The molecule has 2 saturated heterocycles. The number of hydrogen-bond donors (Lipinski definition) is 0. The van der Waals surface area contributed by atoms with Crippen LogP contribution < -0.4 is 0 Å². The lowest BCUT2D eigenvalue weighted by Crippen LogP contribution is -2.37. The number of ether oxygens (including phenoxy) is 1. The van der Waals surface area contributed by atoms with Gasteiger partial charge in [0.25, 0.3) is 0 Å². The fourth-order valence-corrected chi connectivity index (χ4v) is 1.66. The van der Waals surface area contributed by atoms with Crippen LogP contribution in [0.5, 0.6) is 0 Å². The second kappa shape index (κ2) is 1.70. The van der Waals surface area contributed by atoms with Crippen LogP contribution in [0.4, 0.5) is 0 Å². The third-order valence-electron chi connectivity index (χ3n) is 2.28. The minimum atomic E-state index is 0.326. The van der Waals surface area contributed by atoms with Crippen LogP contribution in [0.25, 0.3) is 0 Å². The van der Waals surface area contributed by atoms with E-state index in [1.54, 1.807) is 0 Å². The molecule has 0 N–H and O–H groups in total. The number of piperidine rings is 1. The van der Waals surface area contributed by atoms with E-state index < -0.39 is 0 Å². The van der Waals surface area contributed by atoms with Crippen molar-refractivity contribution in [2.45, 2.75) is 18.4 Å². The van der Waals surface area contributed by atoms with Crippen LogP contribution in [0, 0.1) is 0 Å². The van der Waals surface area contributed by atoms with Crippen molar-refractivity contribution in [1.82, 2.24) is 4.90 Å². The quantitative estimate of drug-likeness (QED) is 0.440. The molecule has 0 aromatic rings. The lowest BCUT2D eigenvalue weighted by Gasteiger charge is -2.26. The van der Waals surface area contributed by atoms with Gasteiger partial charge in [-0.05, 0) is 26.4 Å². The molecule has 0 aromatic heterocycles. The summed E-state index contributed by atoms with van der Waals surface area (Å²) in [6.45, 7) is 3.43. The predicted molar refractivity (Wildman–Crippen MR) is 35.4 cm³/mol. The van der Waals surface area contributed by atoms with Crippen molar-refractivity contribution in [3.8, 4) is 0 Å². The number of likely N-dealkylation sites (N-methyl/N-ethyl adjacent to an activating group) is 1. The van der Waals surface area contributed by atoms with Gasteiger partial charge in [-0.2, -0.15) is 0 Å². The zero-order valence-corrected chi connectivity index (χ0v) is 5.89. The summed E-state index contributed by atoms with van der Waals surface area (Å²) in [6, 6.07) is 0. The summed E-state index contributed by atoms with van der Waals surface area (Å²) in [5.74, 6) is 0. The summed E-state index contributed by atoms with van der Waals surface area (Å²) < 4.78 is 5.37. The molecule has 2 fully saturated rings. The van der Waals surface area contributed by atoms with Gasteiger partial charge in [-0.25, -0.2) is 0 Å². The van der Waals surface area contributed by atoms with E-state index in [4.69, 9.17) is 4.74 Å². The first-order chi connectivity index (χ1) is 4.31. The van der Waals surface area contributed by atoms with Crippen molar-refractivity contribution in [3.05, 3.63) is 0 Å². The molecule has 2 heterocycles. The Kier molecular flexibility index (Phi) is 1.08. The van der Waals surface area contributed by atoms with Crippen molar-refractivity contribution in [2.75, 3.05) is 26.7 Å². The van der Waals surface area contributed by atoms with Crippen molar-refractivity contribution >= 4 is 0 Å². The van der Waals surface area contributed by atoms with E-state index in [9.17, 15) is 0 Å². The van der Waals surface area contributed by atoms with Crippen LogP contribution in [0.3, 0.4) is 0 Å². The number of rotatable bonds is 0. The second-order valence-corrected chi connectivity index (χ2v) is 3.31. The summed E-state index contributed by atoms with van der Waals surface area (Å²) in [6.07, 6.45) is 2.60. The lowest BCUT2D eigenvalue weighted by molar-refractivity contribution is 0.158. The molecule has 2 aliphatic rings. The van der Waals surface area contributed by atoms with Gasteiger partial charge in [0.15, 0.2) is 0 Å². The van der Waals surface area contributed by atoms with E-state index in [2.05, 4.69) is 11.9 Å². The van der Waals surface area contributed by atoms with Crippen molar-refractivity contribution in [2.24, 2.45) is 0 Å². The maximum absolute atomic E-state index is 5.37. The monoisotopic (exact) mass is 127 g/mol. The van der Waals surface area contributed by atoms with E-state index >= 15 is 0 Å². The van der Waals surface area contributed by atoms with Gasteiger partial charge in [-0.15, -0.1) is 0 Å². The molecular weight excluding hydrogens is 114 g/mol. The van der Waals surface area contributed by atoms with Gasteiger partial charge >= 0.3 is 0 Å². The van der Waals surface area contributed by atoms with Crippen LogP contribution in [-0.2, 0) is 4.74 Å². The number of hydrogen-bond acceptors (Lipinski definition) is 2. The van der Waals surface area contributed by atoms with Crippen LogP contribution in [0.2, 0.25) is 0 Å². The summed E-state index contributed by atoms with van der Waals surface area (Å²) in [5.41, 5.74) is 0.326. The highest BCUT2D eigenvalue weighted by molar-refractivity contribution is 4.97. The van der Waals surface area contributed by atoms with E-state index in [0.29, 0.717) is 5.60 Å². The molecule has 0 radical (unpaired) electrons. The van der Waals surface area contributed by atoms with Crippen molar-refractivity contribution in [3.63, 3.8) is 0 Å². The second-order valence-electron chi connectivity index (χ2n) is 3.31. The Morgan fingerprint density at radius 1 is 1.56 bits per heavy atom. The molecule has 0 amide bonds. The molecule has 0 aliphatic carbocycles. The standard InChI is InChI=1S/C7H13NO/c1-8-4-2-3-7(5-8)6-9-7/h2-6H2,1H3/t7-/m0/s1. The van der Waals surface area contributed by atoms with Gasteiger partial charge in [0.2, 0.25) is 0 Å². The van der Waals surface area contributed by atoms with Crippen molar-refractivity contribution in [1.29, 1.82) is 0 Å². The molecular formula is C7H13NO. The summed E-state index contributed by atoms with van der Waals surface area (Å²) in [7, 11) is 2.17. The van der Waals surface area contributed by atoms with E-state index in [-0.39, 0.29) is 0 Å². The average molecular weight is 127 g/mol. The topological polar surface area (TPSA) is 15.8 Å². The zero-order valence-electron chi connectivity index (χ0n) is 5.89. The minimum absolute atomic E-state index is 0.326. The Morgan fingerprint density at radius 3 is 2.78 bits per heavy atom. The van der Waals surface area contributed by atoms with Gasteiger partial charge in [-0.1, -0.05) is 0 Å². The maximum atomic E-state index is 5.37. The smallest absolute Gasteiger partial charge is 0.104 e. The molecule has 0 aromatic carbocycles. The maximum Gasteiger partial charge on any atom is 0.104 e. The lowest BCUT2D eigenvalue weighted by atomic mass is 10.00. The molecule has 0 saturated carbocycles. The minimum Gasteiger partial charge on any atom is -0.368 e. The largest absolute Gasteiger partial charge is 0.368 e. The first kappa shape index (κ1) is 5.69. The molecule has 2 aliphatic heterocycles. The zero-order chi connectivity index (χ0) is 6.32.